The molecule has 34 valence electrons. The normalized spacial score (nSPS) is 12.4. The summed E-state index contributed by atoms with van der Waals surface area (Å²) in [6, 6.07) is 0. The first-order valence-electron chi connectivity index (χ1n) is 0.516. The molecule has 0 aromatic heterocycles. The van der Waals surface area contributed by atoms with Crippen LogP contribution in [0.5, 0.6) is 0 Å². The molecule has 0 heterocycles. The van der Waals surface area contributed by atoms with E-state index in [0.29, 0.717) is 0 Å². The summed E-state index contributed by atoms with van der Waals surface area (Å²) in [4.78, 5) is 0. The van der Waals surface area contributed by atoms with Gasteiger partial charge in [0.25, 0.3) is 0 Å². The van der Waals surface area contributed by atoms with Crippen molar-refractivity contribution in [1.82, 2.24) is 0 Å². The van der Waals surface area contributed by atoms with Crippen molar-refractivity contribution in [3.8, 4) is 0 Å². The van der Waals surface area contributed by atoms with Gasteiger partial charge in [-0.3, -0.25) is 0 Å². The van der Waals surface area contributed by atoms with Gasteiger partial charge in [-0.2, -0.15) is 0 Å². The SMILES string of the molecule is O=S([O-])O.[BiH3]. The van der Waals surface area contributed by atoms with Crippen LogP contribution in [0.2, 0.25) is 0 Å². The van der Waals surface area contributed by atoms with Crippen LogP contribution in [0.4, 0.5) is 0 Å². The summed E-state index contributed by atoms with van der Waals surface area (Å²) in [5, 5.41) is 0. The van der Waals surface area contributed by atoms with Crippen molar-refractivity contribution >= 4 is 37.6 Å². The van der Waals surface area contributed by atoms with E-state index >= 15 is 0 Å². The van der Waals surface area contributed by atoms with Gasteiger partial charge >= 0.3 is 26.2 Å². The zero-order valence-electron chi connectivity index (χ0n) is 2.38. The predicted molar refractivity (Wildman–Crippen MR) is 21.5 cm³/mol. The fourth-order valence-electron chi connectivity index (χ4n) is 0. The third-order valence-corrected chi connectivity index (χ3v) is 0. The van der Waals surface area contributed by atoms with Gasteiger partial charge in [0.15, 0.2) is 0 Å². The number of rotatable bonds is 0. The van der Waals surface area contributed by atoms with Crippen LogP contribution in [0.15, 0.2) is 0 Å². The Hall–Kier alpha value is 0.953. The molecule has 0 rings (SSSR count). The summed E-state index contributed by atoms with van der Waals surface area (Å²) in [5.74, 6) is 0. The van der Waals surface area contributed by atoms with Gasteiger partial charge in [0, 0.05) is 0 Å². The molecule has 0 aliphatic carbocycles. The summed E-state index contributed by atoms with van der Waals surface area (Å²) in [6.07, 6.45) is 0. The fourth-order valence-corrected chi connectivity index (χ4v) is 0. The summed E-state index contributed by atoms with van der Waals surface area (Å²) in [7, 11) is 0. The van der Waals surface area contributed by atoms with Gasteiger partial charge in [-0.15, -0.1) is 0 Å². The Morgan fingerprint density at radius 2 is 1.80 bits per heavy atom. The summed E-state index contributed by atoms with van der Waals surface area (Å²) < 4.78 is 24.1. The van der Waals surface area contributed by atoms with Crippen molar-refractivity contribution in [3.63, 3.8) is 0 Å². The van der Waals surface area contributed by atoms with Crippen LogP contribution in [0.3, 0.4) is 0 Å². The summed E-state index contributed by atoms with van der Waals surface area (Å²) >= 11 is -2.86. The maximum absolute atomic E-state index is 8.56. The van der Waals surface area contributed by atoms with Crippen molar-refractivity contribution < 1.29 is 13.3 Å². The Morgan fingerprint density at radius 3 is 1.80 bits per heavy atom. The van der Waals surface area contributed by atoms with Crippen LogP contribution in [0, 0.1) is 0 Å². The van der Waals surface area contributed by atoms with E-state index in [1.165, 1.54) is 0 Å². The van der Waals surface area contributed by atoms with E-state index in [4.69, 9.17) is 13.3 Å². The molecule has 1 N–H and O–H groups in total. The quantitative estimate of drug-likeness (QED) is 0.421. The van der Waals surface area contributed by atoms with E-state index < -0.39 is 11.4 Å². The van der Waals surface area contributed by atoms with Gasteiger partial charge in [0.05, 0.1) is 11.4 Å². The molecule has 1 atom stereocenters. The minimum atomic E-state index is -2.86. The van der Waals surface area contributed by atoms with Gasteiger partial charge in [-0.05, 0) is 0 Å². The van der Waals surface area contributed by atoms with Crippen LogP contribution in [0.1, 0.15) is 0 Å². The molecule has 5 heavy (non-hydrogen) atoms. The molecule has 1 unspecified atom stereocenters. The Balaban J connectivity index is 0. The van der Waals surface area contributed by atoms with E-state index in [0.717, 1.165) is 0 Å². The average molecular weight is 293 g/mol. The van der Waals surface area contributed by atoms with E-state index in [-0.39, 0.29) is 26.2 Å². The fraction of sp³-hybridized carbons (Fsp3) is 0. The molecule has 0 aromatic rings. The van der Waals surface area contributed by atoms with Gasteiger partial charge < -0.3 is 9.11 Å². The second kappa shape index (κ2) is 4.95. The van der Waals surface area contributed by atoms with E-state index in [9.17, 15) is 0 Å². The number of hydrogen-bond donors (Lipinski definition) is 1. The van der Waals surface area contributed by atoms with Crippen molar-refractivity contribution in [3.05, 3.63) is 0 Å². The molecule has 0 bridgehead atoms. The Morgan fingerprint density at radius 1 is 1.80 bits per heavy atom. The average Bonchev–Trinajstić information content (AvgIpc) is 0.811. The Bertz CT molecular complexity index is 29.9. The van der Waals surface area contributed by atoms with Crippen LogP contribution in [-0.4, -0.2) is 39.5 Å². The van der Waals surface area contributed by atoms with Crippen molar-refractivity contribution in [2.24, 2.45) is 0 Å². The molecule has 0 amide bonds. The first-order valence-corrected chi connectivity index (χ1v) is 1.55. The number of hydrogen-bond acceptors (Lipinski definition) is 2. The van der Waals surface area contributed by atoms with E-state index in [1.54, 1.807) is 0 Å². The third kappa shape index (κ3) is 47.5. The first kappa shape index (κ1) is 9.35. The Labute approximate surface area is 51.0 Å². The maximum atomic E-state index is 8.56. The van der Waals surface area contributed by atoms with E-state index in [2.05, 4.69) is 0 Å². The second-order valence-corrected chi connectivity index (χ2v) is 0.651. The third-order valence-electron chi connectivity index (χ3n) is 0. The van der Waals surface area contributed by atoms with Crippen molar-refractivity contribution in [2.75, 3.05) is 0 Å². The van der Waals surface area contributed by atoms with Crippen LogP contribution < -0.4 is 0 Å². The Kier molecular flexibility index (Phi) is 9.26. The first-order chi connectivity index (χ1) is 1.73. The molecule has 0 aliphatic rings. The van der Waals surface area contributed by atoms with Gasteiger partial charge in [0.2, 0.25) is 0 Å². The molecule has 0 radical (unpaired) electrons. The van der Waals surface area contributed by atoms with Gasteiger partial charge in [-0.1, -0.05) is 0 Å². The molecule has 0 aliphatic heterocycles. The second-order valence-electron chi connectivity index (χ2n) is 0.217. The minimum absolute atomic E-state index is 0. The zero-order chi connectivity index (χ0) is 3.58. The monoisotopic (exact) mass is 293 g/mol. The van der Waals surface area contributed by atoms with Crippen LogP contribution in [-0.2, 0) is 11.4 Å². The molecule has 0 fully saturated rings. The van der Waals surface area contributed by atoms with Gasteiger partial charge in [0.1, 0.15) is 0 Å². The van der Waals surface area contributed by atoms with Crippen LogP contribution >= 0.6 is 0 Å². The predicted octanol–water partition coefficient (Wildman–Crippen LogP) is -1.85. The molecular formula is H4BiO3S-. The summed E-state index contributed by atoms with van der Waals surface area (Å²) in [6.45, 7) is 0. The van der Waals surface area contributed by atoms with Gasteiger partial charge in [-0.25, -0.2) is 4.21 Å². The molecule has 0 spiro atoms. The molecule has 0 saturated heterocycles. The van der Waals surface area contributed by atoms with E-state index in [1.807, 2.05) is 0 Å². The van der Waals surface area contributed by atoms with Crippen molar-refractivity contribution in [2.45, 2.75) is 0 Å². The molecule has 0 saturated carbocycles. The topological polar surface area (TPSA) is 60.4 Å². The van der Waals surface area contributed by atoms with Crippen LogP contribution in [0.25, 0.3) is 0 Å². The molecule has 3 nitrogen and oxygen atoms in total. The molecular weight excluding hydrogens is 289 g/mol. The standard InChI is InChI=1S/Bi.H2O3S.3H/c;1-4(2)3;;;/h;(H2,1,2,3);;;/p-1. The molecule has 5 heteroatoms. The zero-order valence-corrected chi connectivity index (χ0v) is 8.69. The summed E-state index contributed by atoms with van der Waals surface area (Å²) in [5.41, 5.74) is 0. The van der Waals surface area contributed by atoms with Crippen molar-refractivity contribution in [1.29, 1.82) is 0 Å². The molecule has 0 aromatic carbocycles.